The standard InChI is InChI=1S/C27H48N2O6/c1-18(2)20(14-19-10-11-23(33-7)24(15-19)35-13-9-12-32-6)16-21(28)22(30)17-29-26(31)25(34-8)27(3,4)5/h10-11,15,18,20-22,25,30H,9,12-14,16-17,28H2,1-8H3,(H,29,31). The molecule has 0 aromatic heterocycles. The minimum Gasteiger partial charge on any atom is -0.493 e. The number of carbonyl (C=O) groups is 1. The highest BCUT2D eigenvalue weighted by Gasteiger charge is 2.32. The Morgan fingerprint density at radius 3 is 2.34 bits per heavy atom. The molecule has 1 aromatic rings. The zero-order chi connectivity index (χ0) is 26.6. The molecule has 8 nitrogen and oxygen atoms in total. The zero-order valence-corrected chi connectivity index (χ0v) is 22.9. The summed E-state index contributed by atoms with van der Waals surface area (Å²) in [6, 6.07) is 5.50. The molecule has 0 bridgehead atoms. The average Bonchev–Trinajstić information content (AvgIpc) is 2.79. The second kappa shape index (κ2) is 15.3. The van der Waals surface area contributed by atoms with E-state index < -0.39 is 18.2 Å². The Morgan fingerprint density at radius 2 is 1.80 bits per heavy atom. The van der Waals surface area contributed by atoms with E-state index in [2.05, 4.69) is 19.2 Å². The van der Waals surface area contributed by atoms with Gasteiger partial charge in [-0.25, -0.2) is 0 Å². The number of rotatable bonds is 16. The van der Waals surface area contributed by atoms with Gasteiger partial charge in [0.25, 0.3) is 0 Å². The maximum Gasteiger partial charge on any atom is 0.249 e. The van der Waals surface area contributed by atoms with E-state index in [1.165, 1.54) is 7.11 Å². The van der Waals surface area contributed by atoms with Crippen LogP contribution in [0.1, 0.15) is 53.0 Å². The number of hydrogen-bond donors (Lipinski definition) is 3. The Bertz CT molecular complexity index is 750. The van der Waals surface area contributed by atoms with Gasteiger partial charge in [-0.05, 0) is 47.8 Å². The molecule has 0 fully saturated rings. The lowest BCUT2D eigenvalue weighted by Crippen LogP contribution is -2.49. The van der Waals surface area contributed by atoms with E-state index in [9.17, 15) is 9.90 Å². The lowest BCUT2D eigenvalue weighted by atomic mass is 9.83. The summed E-state index contributed by atoms with van der Waals surface area (Å²) in [6.07, 6.45) is 0.752. The van der Waals surface area contributed by atoms with Crippen LogP contribution < -0.4 is 20.5 Å². The predicted octanol–water partition coefficient (Wildman–Crippen LogP) is 3.18. The summed E-state index contributed by atoms with van der Waals surface area (Å²) in [5.41, 5.74) is 7.14. The highest BCUT2D eigenvalue weighted by Crippen LogP contribution is 2.31. The van der Waals surface area contributed by atoms with Gasteiger partial charge >= 0.3 is 0 Å². The monoisotopic (exact) mass is 496 g/mol. The quantitative estimate of drug-likeness (QED) is 0.301. The van der Waals surface area contributed by atoms with Gasteiger partial charge in [0.15, 0.2) is 11.5 Å². The van der Waals surface area contributed by atoms with E-state index in [1.54, 1.807) is 14.2 Å². The Morgan fingerprint density at radius 1 is 1.11 bits per heavy atom. The molecule has 8 heteroatoms. The molecular weight excluding hydrogens is 448 g/mol. The van der Waals surface area contributed by atoms with Crippen molar-refractivity contribution < 1.29 is 28.8 Å². The Hall–Kier alpha value is -1.87. The van der Waals surface area contributed by atoms with Crippen molar-refractivity contribution in [3.8, 4) is 11.5 Å². The third-order valence-corrected chi connectivity index (χ3v) is 6.23. The summed E-state index contributed by atoms with van der Waals surface area (Å²) < 4.78 is 21.8. The second-order valence-corrected chi connectivity index (χ2v) is 10.6. The van der Waals surface area contributed by atoms with Gasteiger partial charge in [0.05, 0.1) is 19.8 Å². The molecular formula is C27H48N2O6. The van der Waals surface area contributed by atoms with Gasteiger partial charge in [-0.1, -0.05) is 40.7 Å². The third kappa shape index (κ3) is 10.7. The molecule has 0 aliphatic carbocycles. The summed E-state index contributed by atoms with van der Waals surface area (Å²) in [7, 11) is 4.81. The van der Waals surface area contributed by atoms with Crippen LogP contribution in [0.5, 0.6) is 11.5 Å². The van der Waals surface area contributed by atoms with Crippen LogP contribution >= 0.6 is 0 Å². The number of aliphatic hydroxyl groups excluding tert-OH is 1. The lowest BCUT2D eigenvalue weighted by molar-refractivity contribution is -0.137. The van der Waals surface area contributed by atoms with Gasteiger partial charge in [0, 0.05) is 39.8 Å². The van der Waals surface area contributed by atoms with Crippen LogP contribution in [0, 0.1) is 17.3 Å². The van der Waals surface area contributed by atoms with E-state index in [4.69, 9.17) is 24.7 Å². The minimum atomic E-state index is -0.853. The number of carbonyl (C=O) groups excluding carboxylic acids is 1. The minimum absolute atomic E-state index is 0.0861. The Balaban J connectivity index is 2.77. The van der Waals surface area contributed by atoms with Crippen LogP contribution in [-0.2, 0) is 20.7 Å². The van der Waals surface area contributed by atoms with Crippen molar-refractivity contribution in [1.82, 2.24) is 5.32 Å². The molecule has 4 unspecified atom stereocenters. The van der Waals surface area contributed by atoms with Gasteiger partial charge in [0.2, 0.25) is 5.91 Å². The highest BCUT2D eigenvalue weighted by molar-refractivity contribution is 5.81. The van der Waals surface area contributed by atoms with Crippen molar-refractivity contribution in [2.24, 2.45) is 23.0 Å². The number of nitrogens with one attached hydrogen (secondary N) is 1. The molecule has 35 heavy (non-hydrogen) atoms. The van der Waals surface area contributed by atoms with E-state index in [1.807, 2.05) is 39.0 Å². The largest absolute Gasteiger partial charge is 0.493 e. The van der Waals surface area contributed by atoms with Crippen LogP contribution in [0.4, 0.5) is 0 Å². The molecule has 0 aliphatic rings. The van der Waals surface area contributed by atoms with E-state index in [0.717, 1.165) is 18.4 Å². The lowest BCUT2D eigenvalue weighted by Gasteiger charge is -2.30. The van der Waals surface area contributed by atoms with Gasteiger partial charge in [0.1, 0.15) is 6.10 Å². The fourth-order valence-corrected chi connectivity index (χ4v) is 4.05. The molecule has 4 N–H and O–H groups in total. The average molecular weight is 497 g/mol. The molecule has 1 amide bonds. The van der Waals surface area contributed by atoms with Crippen molar-refractivity contribution in [3.05, 3.63) is 23.8 Å². The van der Waals surface area contributed by atoms with E-state index in [-0.39, 0.29) is 23.8 Å². The first-order chi connectivity index (χ1) is 16.4. The molecule has 202 valence electrons. The predicted molar refractivity (Wildman–Crippen MR) is 139 cm³/mol. The first kappa shape index (κ1) is 31.2. The fraction of sp³-hybridized carbons (Fsp3) is 0.741. The molecule has 0 saturated heterocycles. The van der Waals surface area contributed by atoms with Crippen molar-refractivity contribution in [2.45, 2.75) is 72.1 Å². The number of benzene rings is 1. The maximum absolute atomic E-state index is 12.5. The number of amides is 1. The number of ether oxygens (including phenoxy) is 4. The van der Waals surface area contributed by atoms with Gasteiger partial charge < -0.3 is 35.1 Å². The summed E-state index contributed by atoms with van der Waals surface area (Å²) in [6.45, 7) is 11.4. The van der Waals surface area contributed by atoms with Crippen LogP contribution in [0.3, 0.4) is 0 Å². The van der Waals surface area contributed by atoms with Crippen LogP contribution in [-0.4, -0.2) is 70.4 Å². The Kier molecular flexibility index (Phi) is 13.6. The van der Waals surface area contributed by atoms with Crippen molar-refractivity contribution >= 4 is 5.91 Å². The van der Waals surface area contributed by atoms with Crippen LogP contribution in [0.2, 0.25) is 0 Å². The van der Waals surface area contributed by atoms with E-state index >= 15 is 0 Å². The summed E-state index contributed by atoms with van der Waals surface area (Å²) >= 11 is 0. The van der Waals surface area contributed by atoms with Crippen molar-refractivity contribution in [3.63, 3.8) is 0 Å². The smallest absolute Gasteiger partial charge is 0.249 e. The highest BCUT2D eigenvalue weighted by atomic mass is 16.5. The van der Waals surface area contributed by atoms with Gasteiger partial charge in [-0.3, -0.25) is 4.79 Å². The molecule has 0 heterocycles. The topological polar surface area (TPSA) is 112 Å². The maximum atomic E-state index is 12.5. The number of nitrogens with two attached hydrogens (primary N) is 1. The third-order valence-electron chi connectivity index (χ3n) is 6.23. The number of aliphatic hydroxyl groups is 1. The molecule has 1 rings (SSSR count). The van der Waals surface area contributed by atoms with E-state index in [0.29, 0.717) is 37.1 Å². The summed E-state index contributed by atoms with van der Waals surface area (Å²) in [4.78, 5) is 12.5. The van der Waals surface area contributed by atoms with Gasteiger partial charge in [-0.15, -0.1) is 0 Å². The fourth-order valence-electron chi connectivity index (χ4n) is 4.05. The summed E-state index contributed by atoms with van der Waals surface area (Å²) in [5.74, 6) is 1.76. The Labute approximate surface area is 211 Å². The first-order valence-corrected chi connectivity index (χ1v) is 12.5. The van der Waals surface area contributed by atoms with Crippen molar-refractivity contribution in [2.75, 3.05) is 41.1 Å². The summed E-state index contributed by atoms with van der Waals surface area (Å²) in [5, 5.41) is 13.4. The normalized spacial score (nSPS) is 15.4. The second-order valence-electron chi connectivity index (χ2n) is 10.6. The number of methoxy groups -OCH3 is 3. The van der Waals surface area contributed by atoms with Gasteiger partial charge in [-0.2, -0.15) is 0 Å². The molecule has 4 atom stereocenters. The SMILES string of the molecule is COCCCOc1cc(CC(CC(N)C(O)CNC(=O)C(OC)C(C)(C)C)C(C)C)ccc1OC. The number of hydrogen-bond acceptors (Lipinski definition) is 7. The van der Waals surface area contributed by atoms with Crippen LogP contribution in [0.25, 0.3) is 0 Å². The van der Waals surface area contributed by atoms with Crippen molar-refractivity contribution in [1.29, 1.82) is 0 Å². The molecule has 0 spiro atoms. The molecule has 0 saturated carbocycles. The molecule has 0 aliphatic heterocycles. The molecule has 1 aromatic carbocycles. The molecule has 0 radical (unpaired) electrons. The zero-order valence-electron chi connectivity index (χ0n) is 22.9. The van der Waals surface area contributed by atoms with Crippen LogP contribution in [0.15, 0.2) is 18.2 Å². The first-order valence-electron chi connectivity index (χ1n) is 12.5.